The molecule has 2 atom stereocenters. The van der Waals surface area contributed by atoms with Gasteiger partial charge in [-0.3, -0.25) is 4.79 Å². The average molecular weight is 102 g/mol. The van der Waals surface area contributed by atoms with Crippen molar-refractivity contribution in [2.75, 3.05) is 0 Å². The summed E-state index contributed by atoms with van der Waals surface area (Å²) in [7, 11) is 0. The smallest absolute Gasteiger partial charge is 0.323 e. The van der Waals surface area contributed by atoms with E-state index in [0.29, 0.717) is 6.42 Å². The Morgan fingerprint density at radius 2 is 2.57 bits per heavy atom. The van der Waals surface area contributed by atoms with E-state index in [-0.39, 0.29) is 0 Å². The lowest BCUT2D eigenvalue weighted by Crippen LogP contribution is -2.31. The van der Waals surface area contributed by atoms with Crippen molar-refractivity contribution < 1.29 is 11.3 Å². The maximum atomic E-state index is 10.0. The zero-order valence-corrected chi connectivity index (χ0v) is 3.72. The minimum atomic E-state index is -1.21. The molecular formula is C4H7NO2. The second-order valence-corrected chi connectivity index (χ2v) is 1.75. The van der Waals surface area contributed by atoms with Crippen molar-refractivity contribution in [1.29, 1.82) is 0 Å². The predicted octanol–water partition coefficient (Wildman–Crippen LogP) is -0.438. The van der Waals surface area contributed by atoms with Gasteiger partial charge in [0.25, 0.3) is 0 Å². The minimum absolute atomic E-state index is 0.294. The van der Waals surface area contributed by atoms with Crippen LogP contribution in [0.3, 0.4) is 0 Å². The van der Waals surface area contributed by atoms with Gasteiger partial charge in [-0.1, -0.05) is 0 Å². The van der Waals surface area contributed by atoms with Crippen molar-refractivity contribution in [3.05, 3.63) is 0 Å². The molecule has 1 aliphatic rings. The van der Waals surface area contributed by atoms with Gasteiger partial charge in [0.2, 0.25) is 0 Å². The van der Waals surface area contributed by atoms with Gasteiger partial charge in [-0.05, 0) is 12.8 Å². The van der Waals surface area contributed by atoms with Gasteiger partial charge >= 0.3 is 5.97 Å². The summed E-state index contributed by atoms with van der Waals surface area (Å²) >= 11 is 0. The average Bonchev–Trinajstić information content (AvgIpc) is 2.17. The monoisotopic (exact) mass is 102 g/mol. The van der Waals surface area contributed by atoms with Crippen molar-refractivity contribution in [3.8, 4) is 0 Å². The second kappa shape index (κ2) is 0.980. The summed E-state index contributed by atoms with van der Waals surface area (Å²) in [5.41, 5.74) is 3.94. The topological polar surface area (TPSA) is 63.3 Å². The SMILES string of the molecule is [2H]C1CC1(N)C(=O)O. The van der Waals surface area contributed by atoms with Crippen molar-refractivity contribution >= 4 is 5.97 Å². The number of aliphatic carboxylic acids is 1. The molecule has 0 heterocycles. The molecule has 0 aromatic heterocycles. The second-order valence-electron chi connectivity index (χ2n) is 1.75. The van der Waals surface area contributed by atoms with Gasteiger partial charge in [0.1, 0.15) is 5.54 Å². The molecule has 7 heavy (non-hydrogen) atoms. The number of hydrogen-bond acceptors (Lipinski definition) is 2. The molecule has 3 N–H and O–H groups in total. The summed E-state index contributed by atoms with van der Waals surface area (Å²) in [5.74, 6) is -1.06. The maximum Gasteiger partial charge on any atom is 0.323 e. The van der Waals surface area contributed by atoms with E-state index in [9.17, 15) is 4.79 Å². The fourth-order valence-electron chi connectivity index (χ4n) is 0.285. The van der Waals surface area contributed by atoms with E-state index in [4.69, 9.17) is 12.2 Å². The number of rotatable bonds is 1. The Morgan fingerprint density at radius 3 is 2.57 bits per heavy atom. The molecule has 0 spiro atoms. The van der Waals surface area contributed by atoms with Crippen LogP contribution in [0.2, 0.25) is 0 Å². The molecule has 0 saturated heterocycles. The molecule has 0 aromatic carbocycles. The van der Waals surface area contributed by atoms with Crippen LogP contribution in [0, 0.1) is 0 Å². The van der Waals surface area contributed by atoms with Crippen LogP contribution in [0.5, 0.6) is 0 Å². The third-order valence-electron chi connectivity index (χ3n) is 1.04. The standard InChI is InChI=1S/C4H7NO2/c5-4(1-2-4)3(6)7/h1-2,5H2,(H,6,7)/i1D. The number of hydrogen-bond donors (Lipinski definition) is 2. The molecule has 0 bridgehead atoms. The number of carboxylic acids is 1. The van der Waals surface area contributed by atoms with E-state index in [0.717, 1.165) is 0 Å². The maximum absolute atomic E-state index is 10.0. The van der Waals surface area contributed by atoms with Crippen LogP contribution < -0.4 is 5.73 Å². The summed E-state index contributed by atoms with van der Waals surface area (Å²) in [4.78, 5) is 10.0. The Kier molecular flexibility index (Phi) is 0.481. The normalized spacial score (nSPS) is 50.4. The number of nitrogens with two attached hydrogens (primary N) is 1. The zero-order valence-electron chi connectivity index (χ0n) is 4.72. The fraction of sp³-hybridized carbons (Fsp3) is 0.750. The number of carbonyl (C=O) groups is 1. The van der Waals surface area contributed by atoms with Crippen molar-refractivity contribution in [3.63, 3.8) is 0 Å². The van der Waals surface area contributed by atoms with Crippen LogP contribution in [0.15, 0.2) is 0 Å². The van der Waals surface area contributed by atoms with Gasteiger partial charge < -0.3 is 10.8 Å². The minimum Gasteiger partial charge on any atom is -0.480 e. The summed E-state index contributed by atoms with van der Waals surface area (Å²) in [5, 5.41) is 8.24. The molecule has 0 radical (unpaired) electrons. The first-order valence-electron chi connectivity index (χ1n) is 2.59. The third kappa shape index (κ3) is 0.587. The Hall–Kier alpha value is -0.570. The van der Waals surface area contributed by atoms with Gasteiger partial charge in [0, 0.05) is 1.37 Å². The number of carboxylic acid groups (broad SMARTS) is 1. The molecule has 3 nitrogen and oxygen atoms in total. The van der Waals surface area contributed by atoms with Gasteiger partial charge in [-0.2, -0.15) is 0 Å². The molecule has 1 saturated carbocycles. The van der Waals surface area contributed by atoms with E-state index in [1.165, 1.54) is 0 Å². The van der Waals surface area contributed by atoms with E-state index < -0.39 is 17.9 Å². The van der Waals surface area contributed by atoms with Crippen LogP contribution in [-0.2, 0) is 4.79 Å². The summed E-state index contributed by atoms with van der Waals surface area (Å²) in [6.07, 6.45) is -0.289. The summed E-state index contributed by atoms with van der Waals surface area (Å²) in [6.45, 7) is 0. The molecule has 1 aliphatic carbocycles. The summed E-state index contributed by atoms with van der Waals surface area (Å²) in [6, 6.07) is 0. The molecule has 0 amide bonds. The Morgan fingerprint density at radius 1 is 2.14 bits per heavy atom. The van der Waals surface area contributed by atoms with Gasteiger partial charge in [0.15, 0.2) is 0 Å². The van der Waals surface area contributed by atoms with Gasteiger partial charge in [-0.25, -0.2) is 0 Å². The molecule has 40 valence electrons. The molecule has 0 aromatic rings. The van der Waals surface area contributed by atoms with Crippen molar-refractivity contribution in [1.82, 2.24) is 0 Å². The summed E-state index contributed by atoms with van der Waals surface area (Å²) < 4.78 is 6.87. The van der Waals surface area contributed by atoms with Crippen molar-refractivity contribution in [2.45, 2.75) is 18.4 Å². The zero-order chi connectivity index (χ0) is 6.36. The Balaban J connectivity index is 2.60. The van der Waals surface area contributed by atoms with Crippen LogP contribution in [0.4, 0.5) is 0 Å². The third-order valence-corrected chi connectivity index (χ3v) is 1.04. The van der Waals surface area contributed by atoms with Crippen LogP contribution in [0.25, 0.3) is 0 Å². The van der Waals surface area contributed by atoms with Crippen LogP contribution in [-0.4, -0.2) is 16.6 Å². The highest BCUT2D eigenvalue weighted by molar-refractivity contribution is 5.81. The molecular weight excluding hydrogens is 94.0 g/mol. The molecule has 3 heteroatoms. The van der Waals surface area contributed by atoms with Gasteiger partial charge in [0.05, 0.1) is 0 Å². The van der Waals surface area contributed by atoms with Crippen LogP contribution >= 0.6 is 0 Å². The molecule has 0 aliphatic heterocycles. The van der Waals surface area contributed by atoms with E-state index >= 15 is 0 Å². The van der Waals surface area contributed by atoms with Crippen LogP contribution in [0.1, 0.15) is 14.2 Å². The lowest BCUT2D eigenvalue weighted by molar-refractivity contribution is -0.139. The highest BCUT2D eigenvalue weighted by Crippen LogP contribution is 2.31. The Labute approximate surface area is 42.5 Å². The predicted molar refractivity (Wildman–Crippen MR) is 23.8 cm³/mol. The first-order valence-corrected chi connectivity index (χ1v) is 2.02. The van der Waals surface area contributed by atoms with E-state index in [2.05, 4.69) is 0 Å². The fourth-order valence-corrected chi connectivity index (χ4v) is 0.285. The largest absolute Gasteiger partial charge is 0.480 e. The van der Waals surface area contributed by atoms with E-state index in [1.807, 2.05) is 0 Å². The first kappa shape index (κ1) is 3.43. The molecule has 2 unspecified atom stereocenters. The quantitative estimate of drug-likeness (QED) is 0.472. The Bertz CT molecular complexity index is 138. The lowest BCUT2D eigenvalue weighted by atomic mass is 10.3. The molecule has 1 fully saturated rings. The van der Waals surface area contributed by atoms with Gasteiger partial charge in [-0.15, -0.1) is 0 Å². The highest BCUT2D eigenvalue weighted by atomic mass is 16.4. The lowest BCUT2D eigenvalue weighted by Gasteiger charge is -1.95. The molecule has 1 rings (SSSR count). The first-order chi connectivity index (χ1) is 3.57. The van der Waals surface area contributed by atoms with E-state index in [1.54, 1.807) is 0 Å². The highest BCUT2D eigenvalue weighted by Gasteiger charge is 2.46. The van der Waals surface area contributed by atoms with Crippen molar-refractivity contribution in [2.24, 2.45) is 5.73 Å².